The lowest BCUT2D eigenvalue weighted by Gasteiger charge is -2.03. The number of carbonyl (C=O) groups excluding carboxylic acids is 1. The molecule has 3 nitrogen and oxygen atoms in total. The van der Waals surface area contributed by atoms with Crippen LogP contribution >= 0.6 is 0 Å². The molecular weight excluding hydrogens is 260 g/mol. The van der Waals surface area contributed by atoms with Gasteiger partial charge in [0.2, 0.25) is 0 Å². The molecule has 0 unspecified atom stereocenters. The zero-order valence-corrected chi connectivity index (χ0v) is 11.5. The van der Waals surface area contributed by atoms with Gasteiger partial charge in [-0.2, -0.15) is 0 Å². The van der Waals surface area contributed by atoms with E-state index in [0.717, 1.165) is 5.69 Å². The van der Waals surface area contributed by atoms with Crippen molar-refractivity contribution in [1.29, 1.82) is 0 Å². The summed E-state index contributed by atoms with van der Waals surface area (Å²) in [6, 6.07) is 24.3. The maximum atomic E-state index is 11.7. The molecule has 0 bridgehead atoms. The summed E-state index contributed by atoms with van der Waals surface area (Å²) in [5, 5.41) is 2.82. The van der Waals surface area contributed by atoms with Crippen molar-refractivity contribution >= 4 is 11.6 Å². The molecule has 1 heterocycles. The van der Waals surface area contributed by atoms with Gasteiger partial charge in [-0.15, -0.1) is 0 Å². The number of rotatable bonds is 2. The zero-order chi connectivity index (χ0) is 14.8. The van der Waals surface area contributed by atoms with Crippen LogP contribution in [0.2, 0.25) is 0 Å². The number of nitrogens with one attached hydrogen (secondary N) is 1. The van der Waals surface area contributed by atoms with Crippen LogP contribution in [0.4, 0.5) is 5.69 Å². The van der Waals surface area contributed by atoms with Crippen molar-refractivity contribution in [2.45, 2.75) is 0 Å². The Kier molecular flexibility index (Phi) is 5.70. The SMILES string of the molecule is O=C(Nc1ccccc1)c1ccccc1.c1ccncc1. The Morgan fingerprint density at radius 2 is 1.24 bits per heavy atom. The summed E-state index contributed by atoms with van der Waals surface area (Å²) in [6.07, 6.45) is 3.50. The van der Waals surface area contributed by atoms with Gasteiger partial charge >= 0.3 is 0 Å². The maximum Gasteiger partial charge on any atom is 0.255 e. The van der Waals surface area contributed by atoms with Gasteiger partial charge in [-0.25, -0.2) is 0 Å². The lowest BCUT2D eigenvalue weighted by molar-refractivity contribution is 0.102. The third kappa shape index (κ3) is 5.28. The Hall–Kier alpha value is -2.94. The van der Waals surface area contributed by atoms with Crippen LogP contribution < -0.4 is 5.32 Å². The second-order valence-electron chi connectivity index (χ2n) is 4.21. The first-order valence-corrected chi connectivity index (χ1v) is 6.63. The molecule has 1 amide bonds. The highest BCUT2D eigenvalue weighted by atomic mass is 16.1. The minimum Gasteiger partial charge on any atom is -0.322 e. The molecule has 0 saturated heterocycles. The van der Waals surface area contributed by atoms with E-state index in [0.29, 0.717) is 5.56 Å². The number of nitrogens with zero attached hydrogens (tertiary/aromatic N) is 1. The van der Waals surface area contributed by atoms with Gasteiger partial charge in [0.15, 0.2) is 0 Å². The standard InChI is InChI=1S/C13H11NO.C5H5N/c15-13(11-7-3-1-4-8-11)14-12-9-5-2-6-10-12;1-2-4-6-5-3-1/h1-10H,(H,14,15);1-5H. The highest BCUT2D eigenvalue weighted by Crippen LogP contribution is 2.07. The molecule has 0 saturated carbocycles. The first-order valence-electron chi connectivity index (χ1n) is 6.63. The number of hydrogen-bond acceptors (Lipinski definition) is 2. The number of hydrogen-bond donors (Lipinski definition) is 1. The van der Waals surface area contributed by atoms with E-state index in [1.54, 1.807) is 24.5 Å². The van der Waals surface area contributed by atoms with Crippen LogP contribution in [0.15, 0.2) is 91.3 Å². The average Bonchev–Trinajstić information content (AvgIpc) is 2.59. The third-order valence-corrected chi connectivity index (χ3v) is 2.63. The highest BCUT2D eigenvalue weighted by molar-refractivity contribution is 6.04. The van der Waals surface area contributed by atoms with Crippen LogP contribution in [0, 0.1) is 0 Å². The predicted molar refractivity (Wildman–Crippen MR) is 85.1 cm³/mol. The number of anilines is 1. The molecule has 0 fully saturated rings. The first kappa shape index (κ1) is 14.5. The Labute approximate surface area is 124 Å². The van der Waals surface area contributed by atoms with Gasteiger partial charge in [-0.05, 0) is 36.4 Å². The van der Waals surface area contributed by atoms with E-state index in [9.17, 15) is 4.79 Å². The molecule has 0 radical (unpaired) electrons. The van der Waals surface area contributed by atoms with Crippen LogP contribution in [-0.4, -0.2) is 10.9 Å². The lowest BCUT2D eigenvalue weighted by atomic mass is 10.2. The van der Waals surface area contributed by atoms with Crippen LogP contribution in [0.1, 0.15) is 10.4 Å². The first-order chi connectivity index (χ1) is 10.4. The van der Waals surface area contributed by atoms with Crippen LogP contribution in [0.3, 0.4) is 0 Å². The minimum absolute atomic E-state index is 0.0817. The summed E-state index contributed by atoms with van der Waals surface area (Å²) in [7, 11) is 0. The molecule has 3 rings (SSSR count). The number of pyridine rings is 1. The van der Waals surface area contributed by atoms with Crippen molar-refractivity contribution in [2.75, 3.05) is 5.32 Å². The summed E-state index contributed by atoms with van der Waals surface area (Å²) in [5.41, 5.74) is 1.48. The fourth-order valence-electron chi connectivity index (χ4n) is 1.63. The molecule has 0 aliphatic heterocycles. The van der Waals surface area contributed by atoms with Crippen LogP contribution in [0.5, 0.6) is 0 Å². The Morgan fingerprint density at radius 1 is 0.714 bits per heavy atom. The number of carbonyl (C=O) groups is 1. The summed E-state index contributed by atoms with van der Waals surface area (Å²) < 4.78 is 0. The topological polar surface area (TPSA) is 42.0 Å². The Morgan fingerprint density at radius 3 is 1.71 bits per heavy atom. The van der Waals surface area contributed by atoms with Crippen molar-refractivity contribution in [1.82, 2.24) is 4.98 Å². The average molecular weight is 276 g/mol. The van der Waals surface area contributed by atoms with Gasteiger partial charge in [0.25, 0.3) is 5.91 Å². The number of aromatic nitrogens is 1. The van der Waals surface area contributed by atoms with Crippen molar-refractivity contribution in [3.63, 3.8) is 0 Å². The third-order valence-electron chi connectivity index (χ3n) is 2.63. The van der Waals surface area contributed by atoms with E-state index < -0.39 is 0 Å². The molecule has 21 heavy (non-hydrogen) atoms. The zero-order valence-electron chi connectivity index (χ0n) is 11.5. The predicted octanol–water partition coefficient (Wildman–Crippen LogP) is 4.02. The van der Waals surface area contributed by atoms with Crippen molar-refractivity contribution < 1.29 is 4.79 Å². The van der Waals surface area contributed by atoms with E-state index >= 15 is 0 Å². The van der Waals surface area contributed by atoms with Gasteiger partial charge in [0.05, 0.1) is 0 Å². The minimum atomic E-state index is -0.0817. The quantitative estimate of drug-likeness (QED) is 0.768. The lowest BCUT2D eigenvalue weighted by Crippen LogP contribution is -2.11. The van der Waals surface area contributed by atoms with Gasteiger partial charge in [-0.1, -0.05) is 42.5 Å². The molecule has 104 valence electrons. The molecule has 3 heteroatoms. The molecule has 2 aromatic carbocycles. The highest BCUT2D eigenvalue weighted by Gasteiger charge is 2.03. The van der Waals surface area contributed by atoms with Gasteiger partial charge < -0.3 is 5.32 Å². The fraction of sp³-hybridized carbons (Fsp3) is 0. The molecule has 0 atom stereocenters. The number of amides is 1. The second kappa shape index (κ2) is 8.27. The van der Waals surface area contributed by atoms with Crippen LogP contribution in [0.25, 0.3) is 0 Å². The molecule has 0 aliphatic carbocycles. The van der Waals surface area contributed by atoms with Crippen molar-refractivity contribution in [3.05, 3.63) is 96.8 Å². The number of benzene rings is 2. The Bertz CT molecular complexity index is 613. The van der Waals surface area contributed by atoms with E-state index in [-0.39, 0.29) is 5.91 Å². The molecule has 0 aliphatic rings. The largest absolute Gasteiger partial charge is 0.322 e. The molecular formula is C18H16N2O. The summed E-state index contributed by atoms with van der Waals surface area (Å²) in [4.78, 5) is 15.5. The van der Waals surface area contributed by atoms with E-state index in [4.69, 9.17) is 0 Å². The summed E-state index contributed by atoms with van der Waals surface area (Å²) in [5.74, 6) is -0.0817. The monoisotopic (exact) mass is 276 g/mol. The van der Waals surface area contributed by atoms with E-state index in [1.807, 2.05) is 66.7 Å². The van der Waals surface area contributed by atoms with E-state index in [2.05, 4.69) is 10.3 Å². The van der Waals surface area contributed by atoms with Gasteiger partial charge in [-0.3, -0.25) is 9.78 Å². The maximum absolute atomic E-state index is 11.7. The molecule has 1 aromatic heterocycles. The number of para-hydroxylation sites is 1. The smallest absolute Gasteiger partial charge is 0.255 e. The Balaban J connectivity index is 0.000000225. The van der Waals surface area contributed by atoms with Crippen molar-refractivity contribution in [3.8, 4) is 0 Å². The molecule has 0 spiro atoms. The second-order valence-corrected chi connectivity index (χ2v) is 4.21. The molecule has 3 aromatic rings. The van der Waals surface area contributed by atoms with E-state index in [1.165, 1.54) is 0 Å². The molecule has 1 N–H and O–H groups in total. The fourth-order valence-corrected chi connectivity index (χ4v) is 1.63. The van der Waals surface area contributed by atoms with Crippen LogP contribution in [-0.2, 0) is 0 Å². The summed E-state index contributed by atoms with van der Waals surface area (Å²) in [6.45, 7) is 0. The van der Waals surface area contributed by atoms with Gasteiger partial charge in [0, 0.05) is 23.6 Å². The van der Waals surface area contributed by atoms with Gasteiger partial charge in [0.1, 0.15) is 0 Å². The van der Waals surface area contributed by atoms with Crippen molar-refractivity contribution in [2.24, 2.45) is 0 Å². The normalized spacial score (nSPS) is 9.14. The summed E-state index contributed by atoms with van der Waals surface area (Å²) >= 11 is 0.